The highest BCUT2D eigenvalue weighted by Gasteiger charge is 2.11. The number of rotatable bonds is 7. The zero-order valence-corrected chi connectivity index (χ0v) is 11.4. The Hall–Kier alpha value is -0.470. The number of aryl methyl sites for hydroxylation is 1. The summed E-state index contributed by atoms with van der Waals surface area (Å²) >= 11 is 1.92. The molecular weight excluding hydrogens is 214 g/mol. The molecule has 2 heteroatoms. The standard InChI is InChI=1S/C14H23NS/c1-4-10-15-14(9-11-16-3)13-8-6-5-7-12(13)2/h5-8,14-15H,4,9-11H2,1-3H3. The third-order valence-corrected chi connectivity index (χ3v) is 3.46. The van der Waals surface area contributed by atoms with Crippen LogP contribution in [-0.4, -0.2) is 18.6 Å². The molecule has 90 valence electrons. The van der Waals surface area contributed by atoms with E-state index in [1.165, 1.54) is 29.7 Å². The lowest BCUT2D eigenvalue weighted by molar-refractivity contribution is 0.519. The van der Waals surface area contributed by atoms with E-state index in [0.29, 0.717) is 6.04 Å². The van der Waals surface area contributed by atoms with Crippen molar-refractivity contribution in [2.45, 2.75) is 32.7 Å². The third-order valence-electron chi connectivity index (χ3n) is 2.82. The molecule has 1 N–H and O–H groups in total. The Kier molecular flexibility index (Phi) is 6.58. The first-order valence-corrected chi connectivity index (χ1v) is 7.46. The van der Waals surface area contributed by atoms with Gasteiger partial charge in [0.15, 0.2) is 0 Å². The number of benzene rings is 1. The highest BCUT2D eigenvalue weighted by atomic mass is 32.2. The maximum absolute atomic E-state index is 3.65. The van der Waals surface area contributed by atoms with Crippen LogP contribution in [0.25, 0.3) is 0 Å². The minimum Gasteiger partial charge on any atom is -0.310 e. The van der Waals surface area contributed by atoms with Crippen molar-refractivity contribution in [1.29, 1.82) is 0 Å². The first-order valence-electron chi connectivity index (χ1n) is 6.07. The summed E-state index contributed by atoms with van der Waals surface area (Å²) in [7, 11) is 0. The molecule has 0 aliphatic carbocycles. The summed E-state index contributed by atoms with van der Waals surface area (Å²) in [5.74, 6) is 1.22. The molecule has 1 aromatic carbocycles. The molecule has 0 radical (unpaired) electrons. The maximum Gasteiger partial charge on any atom is 0.0330 e. The van der Waals surface area contributed by atoms with E-state index in [9.17, 15) is 0 Å². The fourth-order valence-electron chi connectivity index (χ4n) is 1.90. The second-order valence-corrected chi connectivity index (χ2v) is 5.13. The highest BCUT2D eigenvalue weighted by molar-refractivity contribution is 7.98. The fourth-order valence-corrected chi connectivity index (χ4v) is 2.37. The van der Waals surface area contributed by atoms with Gasteiger partial charge in [0.25, 0.3) is 0 Å². The molecule has 0 saturated heterocycles. The normalized spacial score (nSPS) is 12.7. The predicted octanol–water partition coefficient (Wildman–Crippen LogP) is 3.79. The van der Waals surface area contributed by atoms with Gasteiger partial charge in [-0.1, -0.05) is 31.2 Å². The van der Waals surface area contributed by atoms with E-state index in [-0.39, 0.29) is 0 Å². The molecule has 0 fully saturated rings. The smallest absolute Gasteiger partial charge is 0.0330 e. The van der Waals surface area contributed by atoms with Crippen molar-refractivity contribution in [3.05, 3.63) is 35.4 Å². The van der Waals surface area contributed by atoms with Crippen molar-refractivity contribution < 1.29 is 0 Å². The van der Waals surface area contributed by atoms with E-state index in [2.05, 4.69) is 49.7 Å². The van der Waals surface area contributed by atoms with Gasteiger partial charge in [0.2, 0.25) is 0 Å². The van der Waals surface area contributed by atoms with Crippen LogP contribution in [0.5, 0.6) is 0 Å². The molecule has 0 aliphatic heterocycles. The minimum absolute atomic E-state index is 0.522. The Morgan fingerprint density at radius 2 is 2.06 bits per heavy atom. The lowest BCUT2D eigenvalue weighted by Crippen LogP contribution is -2.23. The van der Waals surface area contributed by atoms with Gasteiger partial charge in [-0.05, 0) is 49.4 Å². The van der Waals surface area contributed by atoms with Gasteiger partial charge in [0, 0.05) is 6.04 Å². The number of hydrogen-bond acceptors (Lipinski definition) is 2. The average Bonchev–Trinajstić information content (AvgIpc) is 2.31. The van der Waals surface area contributed by atoms with Gasteiger partial charge < -0.3 is 5.32 Å². The van der Waals surface area contributed by atoms with Crippen LogP contribution in [0, 0.1) is 6.92 Å². The van der Waals surface area contributed by atoms with Crippen molar-refractivity contribution >= 4 is 11.8 Å². The van der Waals surface area contributed by atoms with Crippen LogP contribution in [0.4, 0.5) is 0 Å². The van der Waals surface area contributed by atoms with Gasteiger partial charge >= 0.3 is 0 Å². The van der Waals surface area contributed by atoms with Crippen LogP contribution in [0.15, 0.2) is 24.3 Å². The van der Waals surface area contributed by atoms with Gasteiger partial charge in [-0.15, -0.1) is 0 Å². The molecule has 0 aliphatic rings. The summed E-state index contributed by atoms with van der Waals surface area (Å²) in [6, 6.07) is 9.23. The molecule has 0 saturated carbocycles. The molecule has 1 aromatic rings. The summed E-state index contributed by atoms with van der Waals surface area (Å²) < 4.78 is 0. The molecule has 1 nitrogen and oxygen atoms in total. The van der Waals surface area contributed by atoms with Crippen molar-refractivity contribution in [3.8, 4) is 0 Å². The molecule has 0 heterocycles. The van der Waals surface area contributed by atoms with Crippen LogP contribution < -0.4 is 5.32 Å². The summed E-state index contributed by atoms with van der Waals surface area (Å²) in [6.45, 7) is 5.53. The number of nitrogens with one attached hydrogen (secondary N) is 1. The lowest BCUT2D eigenvalue weighted by atomic mass is 9.99. The first-order chi connectivity index (χ1) is 7.79. The molecule has 0 bridgehead atoms. The first kappa shape index (κ1) is 13.6. The van der Waals surface area contributed by atoms with Crippen LogP contribution in [0.1, 0.15) is 36.9 Å². The van der Waals surface area contributed by atoms with E-state index >= 15 is 0 Å². The number of hydrogen-bond donors (Lipinski definition) is 1. The maximum atomic E-state index is 3.65. The van der Waals surface area contributed by atoms with Gasteiger partial charge in [-0.25, -0.2) is 0 Å². The van der Waals surface area contributed by atoms with Gasteiger partial charge in [-0.3, -0.25) is 0 Å². The minimum atomic E-state index is 0.522. The summed E-state index contributed by atoms with van der Waals surface area (Å²) in [5, 5.41) is 3.65. The summed E-state index contributed by atoms with van der Waals surface area (Å²) in [6.07, 6.45) is 4.59. The average molecular weight is 237 g/mol. The quantitative estimate of drug-likeness (QED) is 0.774. The number of thioether (sulfide) groups is 1. The summed E-state index contributed by atoms with van der Waals surface area (Å²) in [4.78, 5) is 0. The van der Waals surface area contributed by atoms with Crippen LogP contribution in [0.3, 0.4) is 0 Å². The molecule has 1 unspecified atom stereocenters. The monoisotopic (exact) mass is 237 g/mol. The van der Waals surface area contributed by atoms with Crippen molar-refractivity contribution in [2.24, 2.45) is 0 Å². The Morgan fingerprint density at radius 1 is 1.31 bits per heavy atom. The molecule has 1 atom stereocenters. The van der Waals surface area contributed by atoms with E-state index in [0.717, 1.165) is 6.54 Å². The molecule has 0 spiro atoms. The van der Waals surface area contributed by atoms with Gasteiger partial charge in [-0.2, -0.15) is 11.8 Å². The molecule has 0 aromatic heterocycles. The summed E-state index contributed by atoms with van der Waals surface area (Å²) in [5.41, 5.74) is 2.86. The zero-order chi connectivity index (χ0) is 11.8. The van der Waals surface area contributed by atoms with Crippen molar-refractivity contribution in [2.75, 3.05) is 18.6 Å². The van der Waals surface area contributed by atoms with Gasteiger partial charge in [0.1, 0.15) is 0 Å². The van der Waals surface area contributed by atoms with E-state index in [1.54, 1.807) is 0 Å². The zero-order valence-electron chi connectivity index (χ0n) is 10.6. The van der Waals surface area contributed by atoms with Gasteiger partial charge in [0.05, 0.1) is 0 Å². The van der Waals surface area contributed by atoms with Crippen LogP contribution in [-0.2, 0) is 0 Å². The second kappa shape index (κ2) is 7.75. The van der Waals surface area contributed by atoms with Crippen molar-refractivity contribution in [3.63, 3.8) is 0 Å². The molecule has 0 amide bonds. The predicted molar refractivity (Wildman–Crippen MR) is 75.2 cm³/mol. The second-order valence-electron chi connectivity index (χ2n) is 4.14. The van der Waals surface area contributed by atoms with E-state index < -0.39 is 0 Å². The Labute approximate surface area is 104 Å². The molecule has 16 heavy (non-hydrogen) atoms. The van der Waals surface area contributed by atoms with E-state index in [1.807, 2.05) is 11.8 Å². The Bertz CT molecular complexity index is 291. The van der Waals surface area contributed by atoms with Crippen LogP contribution >= 0.6 is 11.8 Å². The van der Waals surface area contributed by atoms with Crippen molar-refractivity contribution in [1.82, 2.24) is 5.32 Å². The molecular formula is C14H23NS. The Morgan fingerprint density at radius 3 is 2.69 bits per heavy atom. The van der Waals surface area contributed by atoms with E-state index in [4.69, 9.17) is 0 Å². The third kappa shape index (κ3) is 4.18. The SMILES string of the molecule is CCCNC(CCSC)c1ccccc1C. The highest BCUT2D eigenvalue weighted by Crippen LogP contribution is 2.21. The largest absolute Gasteiger partial charge is 0.310 e. The molecule has 1 rings (SSSR count). The Balaban J connectivity index is 2.70. The fraction of sp³-hybridized carbons (Fsp3) is 0.571. The topological polar surface area (TPSA) is 12.0 Å². The lowest BCUT2D eigenvalue weighted by Gasteiger charge is -2.20. The van der Waals surface area contributed by atoms with Crippen LogP contribution in [0.2, 0.25) is 0 Å².